The van der Waals surface area contributed by atoms with Gasteiger partial charge in [0, 0.05) is 67.8 Å². The van der Waals surface area contributed by atoms with Crippen molar-refractivity contribution in [2.45, 2.75) is 13.0 Å². The molecule has 0 radical (unpaired) electrons. The summed E-state index contributed by atoms with van der Waals surface area (Å²) >= 11 is 0. The van der Waals surface area contributed by atoms with Crippen LogP contribution < -0.4 is 10.5 Å². The minimum absolute atomic E-state index is 0.0355. The molecule has 0 aliphatic carbocycles. The van der Waals surface area contributed by atoms with Crippen molar-refractivity contribution in [1.82, 2.24) is 29.4 Å². The van der Waals surface area contributed by atoms with Gasteiger partial charge in [0.15, 0.2) is 0 Å². The molecule has 0 atom stereocenters. The number of H-pyrrole nitrogens is 1. The molecule has 0 bridgehead atoms. The lowest BCUT2D eigenvalue weighted by molar-refractivity contribution is 0.311. The number of rotatable bonds is 5. The molecule has 6 rings (SSSR count). The van der Waals surface area contributed by atoms with Crippen molar-refractivity contribution in [2.75, 3.05) is 38.1 Å². The molecule has 1 fully saturated rings. The minimum Gasteiger partial charge on any atom is -0.361 e. The molecule has 8 heteroatoms. The van der Waals surface area contributed by atoms with Crippen LogP contribution in [0.15, 0.2) is 72.2 Å². The number of hydrogen-bond donors (Lipinski definition) is 1. The first-order chi connectivity index (χ1) is 17.2. The lowest BCUT2D eigenvalue weighted by Gasteiger charge is -2.32. The fourth-order valence-corrected chi connectivity index (χ4v) is 4.72. The zero-order valence-corrected chi connectivity index (χ0v) is 19.7. The second-order valence-electron chi connectivity index (χ2n) is 9.15. The second kappa shape index (κ2) is 8.96. The van der Waals surface area contributed by atoms with Gasteiger partial charge in [0.25, 0.3) is 5.56 Å². The maximum atomic E-state index is 13.3. The molecule has 4 heterocycles. The third kappa shape index (κ3) is 4.17. The fraction of sp³-hybridized carbons (Fsp3) is 0.259. The predicted molar refractivity (Wildman–Crippen MR) is 139 cm³/mol. The summed E-state index contributed by atoms with van der Waals surface area (Å²) in [6, 6.07) is 14.0. The van der Waals surface area contributed by atoms with E-state index in [1.807, 2.05) is 48.9 Å². The van der Waals surface area contributed by atoms with Crippen molar-refractivity contribution >= 4 is 27.8 Å². The zero-order valence-electron chi connectivity index (χ0n) is 19.7. The number of nitrogens with zero attached hydrogens (tertiary/aromatic N) is 6. The van der Waals surface area contributed by atoms with Crippen molar-refractivity contribution in [1.29, 1.82) is 0 Å². The molecule has 0 amide bonds. The van der Waals surface area contributed by atoms with E-state index < -0.39 is 0 Å². The molecule has 1 aliphatic heterocycles. The Hall–Kier alpha value is -4.04. The highest BCUT2D eigenvalue weighted by molar-refractivity contribution is 5.84. The minimum atomic E-state index is -0.0355. The highest BCUT2D eigenvalue weighted by Crippen LogP contribution is 2.23. The number of aryl methyl sites for hydroxylation is 2. The Morgan fingerprint density at radius 3 is 2.54 bits per heavy atom. The topological polar surface area (TPSA) is 82.9 Å². The zero-order chi connectivity index (χ0) is 23.8. The number of hydrogen-bond acceptors (Lipinski definition) is 6. The Bertz CT molecular complexity index is 1550. The van der Waals surface area contributed by atoms with Crippen molar-refractivity contribution < 1.29 is 0 Å². The van der Waals surface area contributed by atoms with E-state index in [1.54, 1.807) is 10.9 Å². The van der Waals surface area contributed by atoms with E-state index in [4.69, 9.17) is 0 Å². The van der Waals surface area contributed by atoms with Crippen molar-refractivity contribution in [3.63, 3.8) is 0 Å². The Labute approximate surface area is 202 Å². The Morgan fingerprint density at radius 2 is 1.71 bits per heavy atom. The number of para-hydroxylation sites is 1. The number of aromatic amines is 1. The van der Waals surface area contributed by atoms with Gasteiger partial charge in [-0.2, -0.15) is 0 Å². The van der Waals surface area contributed by atoms with Gasteiger partial charge in [-0.3, -0.25) is 9.36 Å². The van der Waals surface area contributed by atoms with Gasteiger partial charge in [-0.1, -0.05) is 24.3 Å². The van der Waals surface area contributed by atoms with Crippen LogP contribution in [0.3, 0.4) is 0 Å². The molecule has 176 valence electrons. The monoisotopic (exact) mass is 465 g/mol. The van der Waals surface area contributed by atoms with E-state index in [1.165, 1.54) is 10.9 Å². The van der Waals surface area contributed by atoms with Crippen LogP contribution in [0.4, 0.5) is 5.95 Å². The molecule has 3 aromatic heterocycles. The maximum Gasteiger partial charge on any atom is 0.261 e. The number of likely N-dealkylation sites (N-methyl/N-ethyl adjacent to an activating group) is 1. The molecular formula is C27H27N7O. The van der Waals surface area contributed by atoms with Gasteiger partial charge in [-0.25, -0.2) is 15.0 Å². The standard InChI is InChI=1S/C27H27N7O/c1-32-10-12-33(13-11-32)27-29-16-21(17-30-27)19-6-7-25-23(14-19)26(35)34(18-31-25)9-8-20-15-28-24-5-3-2-4-22(20)24/h2-7,14-18,28H,8-13H2,1H3. The summed E-state index contributed by atoms with van der Waals surface area (Å²) in [5.41, 5.74) is 4.76. The summed E-state index contributed by atoms with van der Waals surface area (Å²) in [5.74, 6) is 0.754. The molecule has 0 saturated carbocycles. The van der Waals surface area contributed by atoms with Crippen LogP contribution >= 0.6 is 0 Å². The van der Waals surface area contributed by atoms with E-state index in [9.17, 15) is 4.79 Å². The van der Waals surface area contributed by atoms with E-state index in [-0.39, 0.29) is 5.56 Å². The van der Waals surface area contributed by atoms with E-state index in [2.05, 4.69) is 48.9 Å². The molecule has 8 nitrogen and oxygen atoms in total. The van der Waals surface area contributed by atoms with Crippen molar-refractivity contribution in [3.8, 4) is 11.1 Å². The summed E-state index contributed by atoms with van der Waals surface area (Å²) in [6.45, 7) is 4.44. The second-order valence-corrected chi connectivity index (χ2v) is 9.15. The van der Waals surface area contributed by atoms with Crippen LogP contribution in [0, 0.1) is 0 Å². The number of fused-ring (bicyclic) bond motifs is 2. The van der Waals surface area contributed by atoms with Gasteiger partial charge in [-0.15, -0.1) is 0 Å². The van der Waals surface area contributed by atoms with Crippen LogP contribution in [0.25, 0.3) is 32.9 Å². The first-order valence-corrected chi connectivity index (χ1v) is 12.0. The molecular weight excluding hydrogens is 438 g/mol. The van der Waals surface area contributed by atoms with Gasteiger partial charge in [0.2, 0.25) is 5.95 Å². The summed E-state index contributed by atoms with van der Waals surface area (Å²) in [7, 11) is 2.13. The Morgan fingerprint density at radius 1 is 0.914 bits per heavy atom. The Balaban J connectivity index is 1.25. The number of nitrogens with one attached hydrogen (secondary N) is 1. The largest absolute Gasteiger partial charge is 0.361 e. The number of aromatic nitrogens is 5. The quantitative estimate of drug-likeness (QED) is 0.429. The molecule has 1 aliphatic rings. The van der Waals surface area contributed by atoms with Gasteiger partial charge in [0.1, 0.15) is 0 Å². The lowest BCUT2D eigenvalue weighted by Crippen LogP contribution is -2.45. The van der Waals surface area contributed by atoms with Gasteiger partial charge < -0.3 is 14.8 Å². The average molecular weight is 466 g/mol. The van der Waals surface area contributed by atoms with Crippen LogP contribution in [0.2, 0.25) is 0 Å². The number of anilines is 1. The highest BCUT2D eigenvalue weighted by atomic mass is 16.1. The first-order valence-electron chi connectivity index (χ1n) is 12.0. The molecule has 35 heavy (non-hydrogen) atoms. The van der Waals surface area contributed by atoms with Crippen molar-refractivity contribution in [3.05, 3.63) is 83.3 Å². The SMILES string of the molecule is CN1CCN(c2ncc(-c3ccc4ncn(CCc5c[nH]c6ccccc56)c(=O)c4c3)cn2)CC1. The molecule has 1 saturated heterocycles. The normalized spacial score (nSPS) is 14.7. The van der Waals surface area contributed by atoms with Gasteiger partial charge in [0.05, 0.1) is 17.2 Å². The van der Waals surface area contributed by atoms with E-state index >= 15 is 0 Å². The fourth-order valence-electron chi connectivity index (χ4n) is 4.72. The molecule has 0 spiro atoms. The smallest absolute Gasteiger partial charge is 0.261 e. The summed E-state index contributed by atoms with van der Waals surface area (Å²) in [5, 5.41) is 1.80. The summed E-state index contributed by atoms with van der Waals surface area (Å²) < 4.78 is 1.70. The van der Waals surface area contributed by atoms with Crippen LogP contribution in [-0.4, -0.2) is 62.6 Å². The first kappa shape index (κ1) is 21.5. The van der Waals surface area contributed by atoms with Crippen LogP contribution in [0.5, 0.6) is 0 Å². The van der Waals surface area contributed by atoms with Crippen LogP contribution in [0.1, 0.15) is 5.56 Å². The summed E-state index contributed by atoms with van der Waals surface area (Å²) in [4.78, 5) is 34.8. The Kier molecular flexibility index (Phi) is 5.50. The number of piperazine rings is 1. The summed E-state index contributed by atoms with van der Waals surface area (Å²) in [6.07, 6.45) is 8.10. The molecule has 2 aromatic carbocycles. The average Bonchev–Trinajstić information content (AvgIpc) is 3.32. The van der Waals surface area contributed by atoms with E-state index in [0.717, 1.165) is 55.2 Å². The van der Waals surface area contributed by atoms with Crippen molar-refractivity contribution in [2.24, 2.45) is 0 Å². The maximum absolute atomic E-state index is 13.3. The molecule has 0 unspecified atom stereocenters. The van der Waals surface area contributed by atoms with Gasteiger partial charge >= 0.3 is 0 Å². The highest BCUT2D eigenvalue weighted by Gasteiger charge is 2.16. The lowest BCUT2D eigenvalue weighted by atomic mass is 10.1. The van der Waals surface area contributed by atoms with E-state index in [0.29, 0.717) is 17.4 Å². The third-order valence-corrected chi connectivity index (χ3v) is 6.88. The van der Waals surface area contributed by atoms with Crippen LogP contribution in [-0.2, 0) is 13.0 Å². The molecule has 5 aromatic rings. The number of benzene rings is 2. The van der Waals surface area contributed by atoms with Gasteiger partial charge in [-0.05, 0) is 42.8 Å². The third-order valence-electron chi connectivity index (χ3n) is 6.88. The predicted octanol–water partition coefficient (Wildman–Crippen LogP) is 3.33. The molecule has 1 N–H and O–H groups in total.